The second kappa shape index (κ2) is 5.83. The van der Waals surface area contributed by atoms with Crippen LogP contribution in [0.5, 0.6) is 0 Å². The monoisotopic (exact) mass is 275 g/mol. The number of hydrogen-bond donors (Lipinski definition) is 2. The molecule has 1 aromatic carbocycles. The van der Waals surface area contributed by atoms with Crippen molar-refractivity contribution in [1.29, 1.82) is 0 Å². The predicted molar refractivity (Wildman–Crippen MR) is 82.3 cm³/mol. The van der Waals surface area contributed by atoms with Gasteiger partial charge < -0.3 is 11.1 Å². The minimum atomic E-state index is -0.130. The van der Waals surface area contributed by atoms with Gasteiger partial charge in [-0.25, -0.2) is 0 Å². The summed E-state index contributed by atoms with van der Waals surface area (Å²) in [6, 6.07) is 6.04. The summed E-state index contributed by atoms with van der Waals surface area (Å²) in [5.74, 6) is 0.101. The van der Waals surface area contributed by atoms with Gasteiger partial charge in [0, 0.05) is 24.3 Å². The van der Waals surface area contributed by atoms with Crippen molar-refractivity contribution in [2.45, 2.75) is 45.7 Å². The first-order chi connectivity index (χ1) is 9.41. The van der Waals surface area contributed by atoms with Gasteiger partial charge in [-0.3, -0.25) is 9.69 Å². The molecule has 1 heterocycles. The fourth-order valence-electron chi connectivity index (χ4n) is 2.54. The first-order valence-corrected chi connectivity index (χ1v) is 7.31. The fourth-order valence-corrected chi connectivity index (χ4v) is 2.54. The molecule has 0 saturated heterocycles. The molecular formula is C16H25N3O. The highest BCUT2D eigenvalue weighted by atomic mass is 16.2. The number of anilines is 1. The van der Waals surface area contributed by atoms with Crippen LogP contribution in [-0.2, 0) is 17.8 Å². The zero-order valence-corrected chi connectivity index (χ0v) is 12.7. The Labute approximate surface area is 121 Å². The van der Waals surface area contributed by atoms with Gasteiger partial charge in [-0.2, -0.15) is 0 Å². The van der Waals surface area contributed by atoms with E-state index in [9.17, 15) is 4.79 Å². The molecule has 0 aromatic heterocycles. The molecule has 20 heavy (non-hydrogen) atoms. The van der Waals surface area contributed by atoms with Crippen LogP contribution in [0.4, 0.5) is 5.69 Å². The highest BCUT2D eigenvalue weighted by molar-refractivity contribution is 5.78. The number of benzene rings is 1. The van der Waals surface area contributed by atoms with Crippen molar-refractivity contribution >= 4 is 11.6 Å². The molecule has 0 atom stereocenters. The van der Waals surface area contributed by atoms with E-state index in [4.69, 9.17) is 5.73 Å². The largest absolute Gasteiger partial charge is 0.398 e. The molecule has 0 saturated carbocycles. The first kappa shape index (κ1) is 14.9. The quantitative estimate of drug-likeness (QED) is 0.826. The summed E-state index contributed by atoms with van der Waals surface area (Å²) in [6.45, 7) is 8.34. The van der Waals surface area contributed by atoms with Gasteiger partial charge in [0.1, 0.15) is 0 Å². The Morgan fingerprint density at radius 2 is 2.20 bits per heavy atom. The number of amides is 1. The SMILES string of the molecule is CCC(C)(C)NC(=O)CN1CCc2c(N)cccc2C1. The van der Waals surface area contributed by atoms with Gasteiger partial charge in [-0.1, -0.05) is 19.1 Å². The number of nitrogens with zero attached hydrogens (tertiary/aromatic N) is 1. The summed E-state index contributed by atoms with van der Waals surface area (Å²) in [6.07, 6.45) is 1.85. The molecule has 1 aliphatic heterocycles. The van der Waals surface area contributed by atoms with E-state index < -0.39 is 0 Å². The highest BCUT2D eigenvalue weighted by Gasteiger charge is 2.22. The number of carbonyl (C=O) groups is 1. The fraction of sp³-hybridized carbons (Fsp3) is 0.562. The molecule has 0 bridgehead atoms. The van der Waals surface area contributed by atoms with Crippen LogP contribution in [0.3, 0.4) is 0 Å². The van der Waals surface area contributed by atoms with Gasteiger partial charge in [-0.05, 0) is 43.9 Å². The third-order valence-electron chi connectivity index (χ3n) is 4.11. The van der Waals surface area contributed by atoms with E-state index in [-0.39, 0.29) is 11.4 Å². The third-order valence-corrected chi connectivity index (χ3v) is 4.11. The minimum absolute atomic E-state index is 0.101. The Morgan fingerprint density at radius 3 is 2.90 bits per heavy atom. The molecule has 0 aliphatic carbocycles. The molecule has 0 unspecified atom stereocenters. The van der Waals surface area contributed by atoms with Crippen LogP contribution < -0.4 is 11.1 Å². The molecule has 4 heteroatoms. The van der Waals surface area contributed by atoms with Crippen molar-refractivity contribution in [1.82, 2.24) is 10.2 Å². The number of carbonyl (C=O) groups excluding carboxylic acids is 1. The molecular weight excluding hydrogens is 250 g/mol. The molecule has 1 aliphatic rings. The van der Waals surface area contributed by atoms with E-state index in [1.165, 1.54) is 11.1 Å². The van der Waals surface area contributed by atoms with Gasteiger partial charge >= 0.3 is 0 Å². The Hall–Kier alpha value is -1.55. The summed E-state index contributed by atoms with van der Waals surface area (Å²) in [4.78, 5) is 14.3. The normalized spacial score (nSPS) is 15.8. The van der Waals surface area contributed by atoms with Crippen molar-refractivity contribution < 1.29 is 4.79 Å². The third kappa shape index (κ3) is 3.51. The van der Waals surface area contributed by atoms with Crippen LogP contribution in [0.15, 0.2) is 18.2 Å². The molecule has 3 N–H and O–H groups in total. The van der Waals surface area contributed by atoms with E-state index in [2.05, 4.69) is 37.1 Å². The van der Waals surface area contributed by atoms with Crippen molar-refractivity contribution in [3.63, 3.8) is 0 Å². The lowest BCUT2D eigenvalue weighted by Crippen LogP contribution is -2.48. The first-order valence-electron chi connectivity index (χ1n) is 7.31. The summed E-state index contributed by atoms with van der Waals surface area (Å²) >= 11 is 0. The van der Waals surface area contributed by atoms with Crippen molar-refractivity contribution in [3.05, 3.63) is 29.3 Å². The lowest BCUT2D eigenvalue weighted by atomic mass is 9.98. The molecule has 0 spiro atoms. The maximum atomic E-state index is 12.1. The molecule has 2 rings (SSSR count). The summed E-state index contributed by atoms with van der Waals surface area (Å²) in [5, 5.41) is 3.08. The Morgan fingerprint density at radius 1 is 1.45 bits per heavy atom. The molecule has 4 nitrogen and oxygen atoms in total. The van der Waals surface area contributed by atoms with Gasteiger partial charge in [0.15, 0.2) is 0 Å². The molecule has 0 fully saturated rings. The van der Waals surface area contributed by atoms with E-state index >= 15 is 0 Å². The zero-order valence-electron chi connectivity index (χ0n) is 12.7. The Balaban J connectivity index is 1.95. The number of nitrogens with one attached hydrogen (secondary N) is 1. The smallest absolute Gasteiger partial charge is 0.234 e. The van der Waals surface area contributed by atoms with Crippen molar-refractivity contribution in [2.75, 3.05) is 18.8 Å². The molecule has 0 radical (unpaired) electrons. The van der Waals surface area contributed by atoms with Crippen LogP contribution >= 0.6 is 0 Å². The summed E-state index contributed by atoms with van der Waals surface area (Å²) < 4.78 is 0. The lowest BCUT2D eigenvalue weighted by molar-refractivity contribution is -0.124. The van der Waals surface area contributed by atoms with Gasteiger partial charge in [-0.15, -0.1) is 0 Å². The average molecular weight is 275 g/mol. The summed E-state index contributed by atoms with van der Waals surface area (Å²) in [5.41, 5.74) is 9.23. The molecule has 1 aromatic rings. The van der Waals surface area contributed by atoms with Crippen LogP contribution in [-0.4, -0.2) is 29.4 Å². The number of fused-ring (bicyclic) bond motifs is 1. The number of rotatable bonds is 4. The number of nitrogen functional groups attached to an aromatic ring is 1. The van der Waals surface area contributed by atoms with Gasteiger partial charge in [0.05, 0.1) is 6.54 Å². The topological polar surface area (TPSA) is 58.4 Å². The van der Waals surface area contributed by atoms with Crippen LogP contribution in [0.2, 0.25) is 0 Å². The van der Waals surface area contributed by atoms with Crippen LogP contribution in [0.1, 0.15) is 38.3 Å². The van der Waals surface area contributed by atoms with E-state index in [0.717, 1.165) is 31.6 Å². The highest BCUT2D eigenvalue weighted by Crippen LogP contribution is 2.23. The van der Waals surface area contributed by atoms with Crippen LogP contribution in [0.25, 0.3) is 0 Å². The lowest BCUT2D eigenvalue weighted by Gasteiger charge is -2.31. The van der Waals surface area contributed by atoms with Crippen molar-refractivity contribution in [3.8, 4) is 0 Å². The second-order valence-corrected chi connectivity index (χ2v) is 6.23. The predicted octanol–water partition coefficient (Wildman–Crippen LogP) is 1.93. The average Bonchev–Trinajstić information content (AvgIpc) is 2.38. The maximum absolute atomic E-state index is 12.1. The minimum Gasteiger partial charge on any atom is -0.398 e. The van der Waals surface area contributed by atoms with Crippen LogP contribution in [0, 0.1) is 0 Å². The number of hydrogen-bond acceptors (Lipinski definition) is 3. The van der Waals surface area contributed by atoms with Crippen molar-refractivity contribution in [2.24, 2.45) is 0 Å². The Bertz CT molecular complexity index is 496. The second-order valence-electron chi connectivity index (χ2n) is 6.23. The van der Waals surface area contributed by atoms with Gasteiger partial charge in [0.25, 0.3) is 0 Å². The van der Waals surface area contributed by atoms with E-state index in [0.29, 0.717) is 6.54 Å². The summed E-state index contributed by atoms with van der Waals surface area (Å²) in [7, 11) is 0. The number of nitrogens with two attached hydrogens (primary N) is 1. The molecule has 1 amide bonds. The molecule has 110 valence electrons. The zero-order chi connectivity index (χ0) is 14.8. The maximum Gasteiger partial charge on any atom is 0.234 e. The van der Waals surface area contributed by atoms with Gasteiger partial charge in [0.2, 0.25) is 5.91 Å². The van der Waals surface area contributed by atoms with E-state index in [1.54, 1.807) is 0 Å². The van der Waals surface area contributed by atoms with E-state index in [1.807, 2.05) is 12.1 Å². The Kier molecular flexibility index (Phi) is 4.33. The standard InChI is InChI=1S/C16H25N3O/c1-4-16(2,3)18-15(20)11-19-9-8-13-12(10-19)6-5-7-14(13)17/h5-7H,4,8-11,17H2,1-3H3,(H,18,20).